The summed E-state index contributed by atoms with van der Waals surface area (Å²) in [5, 5.41) is 7.63. The summed E-state index contributed by atoms with van der Waals surface area (Å²) in [5.41, 5.74) is 0.685. The third-order valence-corrected chi connectivity index (χ3v) is 1.39. The number of carbonyl (C=O) groups is 1. The molecule has 0 rings (SSSR count). The molecule has 0 unspecified atom stereocenters. The number of hydrogen-bond acceptors (Lipinski definition) is 5. The first kappa shape index (κ1) is 9.51. The molecule has 1 atom stereocenters. The molecule has 0 aliphatic carbocycles. The Labute approximate surface area is 54.8 Å². The van der Waals surface area contributed by atoms with Crippen LogP contribution in [0.2, 0.25) is 0 Å². The Morgan fingerprint density at radius 3 is 2.20 bits per heavy atom. The van der Waals surface area contributed by atoms with Gasteiger partial charge in [-0.05, 0) is 7.60 Å². The van der Waals surface area contributed by atoms with E-state index in [-0.39, 0.29) is 0 Å². The van der Waals surface area contributed by atoms with Crippen LogP contribution in [0, 0.1) is 0 Å². The molecule has 10 heavy (non-hydrogen) atoms. The highest BCUT2D eigenvalue weighted by Crippen LogP contribution is 2.31. The topological polar surface area (TPSA) is 113 Å². The van der Waals surface area contributed by atoms with Gasteiger partial charge in [0.2, 0.25) is 5.91 Å². The molecule has 0 aromatic carbocycles. The molecule has 0 aromatic heterocycles. The zero-order valence-electron chi connectivity index (χ0n) is 4.48. The molecule has 6 nitrogen and oxygen atoms in total. The van der Waals surface area contributed by atoms with Gasteiger partial charge in [-0.25, -0.2) is 9.87 Å². The van der Waals surface area contributed by atoms with Crippen molar-refractivity contribution in [2.45, 2.75) is 5.91 Å². The van der Waals surface area contributed by atoms with Gasteiger partial charge in [-0.1, -0.05) is 0 Å². The molecule has 0 fully saturated rings. The number of hydrogen-bond donors (Lipinski definition) is 2. The summed E-state index contributed by atoms with van der Waals surface area (Å²) in [6, 6.07) is 0. The second-order valence-electron chi connectivity index (χ2n) is 1.35. The van der Waals surface area contributed by atoms with Gasteiger partial charge in [0.15, 0.2) is 0 Å². The van der Waals surface area contributed by atoms with E-state index in [0.717, 1.165) is 0 Å². The first-order valence-corrected chi connectivity index (χ1v) is 3.60. The number of rotatable bonds is 2. The van der Waals surface area contributed by atoms with Crippen LogP contribution < -0.4 is 15.3 Å². The van der Waals surface area contributed by atoms with Crippen LogP contribution in [0.1, 0.15) is 0 Å². The smallest absolute Gasteiger partial charge is 0.282 e. The van der Waals surface area contributed by atoms with Gasteiger partial charge in [-0.3, -0.25) is 10.0 Å². The molecule has 0 aliphatic heterocycles. The zero-order valence-corrected chi connectivity index (χ0v) is 5.38. The van der Waals surface area contributed by atoms with Crippen molar-refractivity contribution < 1.29 is 28.7 Å². The average molecular weight is 171 g/mol. The number of halogens is 1. The molecular weight excluding hydrogens is 168 g/mol. The van der Waals surface area contributed by atoms with Crippen LogP contribution in [0.4, 0.5) is 4.39 Å². The molecule has 8 heteroatoms. The summed E-state index contributed by atoms with van der Waals surface area (Å²) in [5.74, 6) is -5.11. The van der Waals surface area contributed by atoms with Crippen molar-refractivity contribution in [2.75, 3.05) is 0 Å². The van der Waals surface area contributed by atoms with Crippen LogP contribution in [0.5, 0.6) is 0 Å². The van der Waals surface area contributed by atoms with Crippen LogP contribution in [-0.4, -0.2) is 17.0 Å². The van der Waals surface area contributed by atoms with E-state index in [0.29, 0.717) is 5.48 Å². The Balaban J connectivity index is 4.23. The summed E-state index contributed by atoms with van der Waals surface area (Å²) >= 11 is 0. The van der Waals surface area contributed by atoms with Crippen molar-refractivity contribution in [2.24, 2.45) is 0 Å². The van der Waals surface area contributed by atoms with E-state index in [1.807, 2.05) is 0 Å². The van der Waals surface area contributed by atoms with Gasteiger partial charge in [0.05, 0.1) is 0 Å². The maximum Gasteiger partial charge on any atom is 0.282 e. The van der Waals surface area contributed by atoms with Gasteiger partial charge >= 0.3 is 0 Å². The highest BCUT2D eigenvalue weighted by Gasteiger charge is 2.19. The van der Waals surface area contributed by atoms with Crippen molar-refractivity contribution in [1.29, 1.82) is 0 Å². The monoisotopic (exact) mass is 171 g/mol. The Kier molecular flexibility index (Phi) is 2.92. The van der Waals surface area contributed by atoms with Crippen molar-refractivity contribution in [1.82, 2.24) is 5.48 Å². The molecule has 60 valence electrons. The van der Waals surface area contributed by atoms with Gasteiger partial charge in [0.25, 0.3) is 5.91 Å². The first-order chi connectivity index (χ1) is 4.39. The summed E-state index contributed by atoms with van der Waals surface area (Å²) in [4.78, 5) is 29.2. The second kappa shape index (κ2) is 3.07. The lowest BCUT2D eigenvalue weighted by atomic mass is 10.7. The quantitative estimate of drug-likeness (QED) is 0.275. The predicted molar refractivity (Wildman–Crippen MR) is 22.4 cm³/mol. The van der Waals surface area contributed by atoms with Crippen molar-refractivity contribution in [3.05, 3.63) is 0 Å². The Hall–Kier alpha value is -0.490. The van der Waals surface area contributed by atoms with Crippen LogP contribution >= 0.6 is 7.60 Å². The number of nitrogens with one attached hydrogen (secondary N) is 1. The molecule has 0 saturated carbocycles. The van der Waals surface area contributed by atoms with Gasteiger partial charge < -0.3 is 14.4 Å². The van der Waals surface area contributed by atoms with Crippen molar-refractivity contribution >= 4 is 13.5 Å². The van der Waals surface area contributed by atoms with E-state index < -0.39 is 19.4 Å². The van der Waals surface area contributed by atoms with E-state index in [4.69, 9.17) is 5.21 Å². The van der Waals surface area contributed by atoms with Gasteiger partial charge in [0.1, 0.15) is 0 Å². The lowest BCUT2D eigenvalue weighted by Crippen LogP contribution is -2.35. The third kappa shape index (κ3) is 2.40. The van der Waals surface area contributed by atoms with E-state index in [1.54, 1.807) is 0 Å². The van der Waals surface area contributed by atoms with E-state index in [1.165, 1.54) is 0 Å². The summed E-state index contributed by atoms with van der Waals surface area (Å²) in [7, 11) is -5.57. The van der Waals surface area contributed by atoms with Gasteiger partial charge in [0, 0.05) is 0 Å². The maximum atomic E-state index is 11.8. The summed E-state index contributed by atoms with van der Waals surface area (Å²) < 4.78 is 21.5. The highest BCUT2D eigenvalue weighted by atomic mass is 31.2. The maximum absolute atomic E-state index is 11.8. The van der Waals surface area contributed by atoms with E-state index in [9.17, 15) is 23.5 Å². The molecule has 0 aliphatic rings. The predicted octanol–water partition coefficient (Wildman–Crippen LogP) is -2.30. The summed E-state index contributed by atoms with van der Waals surface area (Å²) in [6.07, 6.45) is 0. The molecule has 0 heterocycles. The highest BCUT2D eigenvalue weighted by molar-refractivity contribution is 7.50. The number of amides is 1. The Bertz CT molecular complexity index is 176. The minimum Gasteiger partial charge on any atom is -0.808 e. The average Bonchev–Trinajstić information content (AvgIpc) is 1.83. The van der Waals surface area contributed by atoms with Gasteiger partial charge in [-0.15, -0.1) is 0 Å². The normalized spacial score (nSPS) is 14.4. The van der Waals surface area contributed by atoms with Crippen LogP contribution in [0.3, 0.4) is 0 Å². The molecule has 0 radical (unpaired) electrons. The molecule has 0 saturated heterocycles. The Morgan fingerprint density at radius 1 is 1.70 bits per heavy atom. The second-order valence-corrected chi connectivity index (χ2v) is 2.88. The minimum absolute atomic E-state index is 0.685. The minimum atomic E-state index is -5.57. The number of carbonyl (C=O) groups excluding carboxylic acids is 1. The summed E-state index contributed by atoms with van der Waals surface area (Å²) in [6.45, 7) is 0. The van der Waals surface area contributed by atoms with Crippen molar-refractivity contribution in [3.63, 3.8) is 0 Å². The molecule has 0 spiro atoms. The molecule has 1 amide bonds. The zero-order chi connectivity index (χ0) is 8.36. The Morgan fingerprint density at radius 2 is 2.10 bits per heavy atom. The number of hydroxylamine groups is 1. The molecule has 0 aromatic rings. The van der Waals surface area contributed by atoms with E-state index >= 15 is 0 Å². The SMILES string of the molecule is O=C(NO)[C@@H](F)P(=O)([O-])[O-]. The van der Waals surface area contributed by atoms with Gasteiger partial charge in [-0.2, -0.15) is 0 Å². The lowest BCUT2D eigenvalue weighted by molar-refractivity contribution is -0.318. The first-order valence-electron chi connectivity index (χ1n) is 1.99. The van der Waals surface area contributed by atoms with E-state index in [2.05, 4.69) is 0 Å². The van der Waals surface area contributed by atoms with Crippen LogP contribution in [-0.2, 0) is 9.36 Å². The fourth-order valence-corrected chi connectivity index (χ4v) is 0.542. The fourth-order valence-electron chi connectivity index (χ4n) is 0.197. The largest absolute Gasteiger partial charge is 0.808 e. The van der Waals surface area contributed by atoms with Crippen molar-refractivity contribution in [3.8, 4) is 0 Å². The molecular formula is C2H3FNO5P-2. The molecule has 0 bridgehead atoms. The standard InChI is InChI=1S/C2H5FNO5P/c3-1(2(5)4-6)10(7,8)9/h1,6H,(H,4,5)(H2,7,8,9)/p-2/t1-/m0/s1. The number of alkyl halides is 1. The lowest BCUT2D eigenvalue weighted by Gasteiger charge is -2.30. The van der Waals surface area contributed by atoms with Crippen LogP contribution in [0.25, 0.3) is 0 Å². The third-order valence-electron chi connectivity index (χ3n) is 0.604. The fraction of sp³-hybridized carbons (Fsp3) is 0.500. The molecule has 2 N–H and O–H groups in total. The van der Waals surface area contributed by atoms with Crippen LogP contribution in [0.15, 0.2) is 0 Å².